The number of rotatable bonds is 5. The molecule has 1 saturated heterocycles. The fraction of sp³-hybridized carbons (Fsp3) is 0.350. The summed E-state index contributed by atoms with van der Waals surface area (Å²) in [5.74, 6) is 0.676. The number of likely N-dealkylation sites (tertiary alicyclic amines) is 1. The predicted molar refractivity (Wildman–Crippen MR) is 96.4 cm³/mol. The third kappa shape index (κ3) is 4.09. The Morgan fingerprint density at radius 1 is 1.25 bits per heavy atom. The maximum absolute atomic E-state index is 12.8. The molecule has 3 rings (SSSR count). The first-order valence-electron chi connectivity index (χ1n) is 8.40. The Bertz CT molecular complexity index is 689. The van der Waals surface area contributed by atoms with E-state index in [0.717, 1.165) is 25.8 Å². The molecule has 0 aromatic heterocycles. The predicted octanol–water partition coefficient (Wildman–Crippen LogP) is 4.34. The minimum atomic E-state index is -0.514. The van der Waals surface area contributed by atoms with Crippen LogP contribution < -0.4 is 4.74 Å². The van der Waals surface area contributed by atoms with Crippen molar-refractivity contribution in [2.24, 2.45) is 0 Å². The van der Waals surface area contributed by atoms with E-state index in [1.807, 2.05) is 35.2 Å². The molecule has 2 atom stereocenters. The normalized spacial score (nSPS) is 18.4. The first kappa shape index (κ1) is 16.8. The van der Waals surface area contributed by atoms with E-state index in [9.17, 15) is 4.79 Å². The van der Waals surface area contributed by atoms with Crippen LogP contribution in [0.4, 0.5) is 0 Å². The lowest BCUT2D eigenvalue weighted by Gasteiger charge is -2.28. The van der Waals surface area contributed by atoms with Crippen LogP contribution >= 0.6 is 11.6 Å². The highest BCUT2D eigenvalue weighted by molar-refractivity contribution is 6.30. The summed E-state index contributed by atoms with van der Waals surface area (Å²) in [4.78, 5) is 14.8. The quantitative estimate of drug-likeness (QED) is 0.808. The number of carbonyl (C=O) groups is 1. The first-order valence-corrected chi connectivity index (χ1v) is 8.78. The molecular weight excluding hydrogens is 322 g/mol. The van der Waals surface area contributed by atoms with Gasteiger partial charge in [-0.2, -0.15) is 0 Å². The Hall–Kier alpha value is -2.00. The molecule has 24 heavy (non-hydrogen) atoms. The zero-order valence-corrected chi connectivity index (χ0v) is 14.6. The van der Waals surface area contributed by atoms with Crippen LogP contribution in [-0.4, -0.2) is 29.5 Å². The molecule has 0 aliphatic carbocycles. The maximum Gasteiger partial charge on any atom is 0.263 e. The number of ether oxygens (including phenoxy) is 1. The van der Waals surface area contributed by atoms with Crippen LogP contribution in [0.5, 0.6) is 5.75 Å². The van der Waals surface area contributed by atoms with Gasteiger partial charge in [0.25, 0.3) is 5.91 Å². The summed E-state index contributed by atoms with van der Waals surface area (Å²) >= 11 is 5.97. The third-order valence-electron chi connectivity index (χ3n) is 4.43. The number of carbonyl (C=O) groups excluding carboxylic acids is 1. The summed E-state index contributed by atoms with van der Waals surface area (Å²) in [6, 6.07) is 17.8. The minimum Gasteiger partial charge on any atom is -0.481 e. The van der Waals surface area contributed by atoms with Gasteiger partial charge in [0, 0.05) is 17.6 Å². The summed E-state index contributed by atoms with van der Waals surface area (Å²) in [5.41, 5.74) is 1.27. The summed E-state index contributed by atoms with van der Waals surface area (Å²) in [6.45, 7) is 2.61. The van der Waals surface area contributed by atoms with Crippen LogP contribution in [0.3, 0.4) is 0 Å². The molecule has 0 radical (unpaired) electrons. The van der Waals surface area contributed by atoms with Gasteiger partial charge in [-0.25, -0.2) is 0 Å². The molecule has 1 fully saturated rings. The molecule has 126 valence electrons. The Kier molecular flexibility index (Phi) is 5.41. The van der Waals surface area contributed by atoms with Gasteiger partial charge < -0.3 is 9.64 Å². The molecule has 2 aromatic carbocycles. The Morgan fingerprint density at radius 2 is 2.04 bits per heavy atom. The van der Waals surface area contributed by atoms with E-state index >= 15 is 0 Å². The number of nitrogens with zero attached hydrogens (tertiary/aromatic N) is 1. The van der Waals surface area contributed by atoms with Gasteiger partial charge in [0.15, 0.2) is 6.10 Å². The van der Waals surface area contributed by atoms with Crippen LogP contribution in [-0.2, 0) is 11.2 Å². The fourth-order valence-corrected chi connectivity index (χ4v) is 3.43. The van der Waals surface area contributed by atoms with E-state index in [0.29, 0.717) is 10.8 Å². The van der Waals surface area contributed by atoms with E-state index in [2.05, 4.69) is 12.1 Å². The van der Waals surface area contributed by atoms with Crippen molar-refractivity contribution >= 4 is 17.5 Å². The van der Waals surface area contributed by atoms with Gasteiger partial charge in [0.05, 0.1) is 0 Å². The van der Waals surface area contributed by atoms with E-state index in [1.165, 1.54) is 5.56 Å². The van der Waals surface area contributed by atoms with Crippen LogP contribution in [0.1, 0.15) is 25.3 Å². The largest absolute Gasteiger partial charge is 0.481 e. The smallest absolute Gasteiger partial charge is 0.263 e. The van der Waals surface area contributed by atoms with Crippen molar-refractivity contribution in [2.45, 2.75) is 38.3 Å². The Labute approximate surface area is 148 Å². The highest BCUT2D eigenvalue weighted by atomic mass is 35.5. The molecule has 0 bridgehead atoms. The highest BCUT2D eigenvalue weighted by Gasteiger charge is 2.32. The molecule has 4 heteroatoms. The molecule has 0 spiro atoms. The number of benzene rings is 2. The Balaban J connectivity index is 1.64. The zero-order chi connectivity index (χ0) is 16.9. The van der Waals surface area contributed by atoms with Gasteiger partial charge in [-0.1, -0.05) is 48.0 Å². The van der Waals surface area contributed by atoms with Crippen molar-refractivity contribution in [2.75, 3.05) is 6.54 Å². The second kappa shape index (κ2) is 7.71. The molecule has 1 heterocycles. The average molecular weight is 344 g/mol. The number of hydrogen-bond donors (Lipinski definition) is 0. The van der Waals surface area contributed by atoms with Gasteiger partial charge in [-0.3, -0.25) is 4.79 Å². The Morgan fingerprint density at radius 3 is 2.79 bits per heavy atom. The van der Waals surface area contributed by atoms with Crippen LogP contribution in [0, 0.1) is 0 Å². The summed E-state index contributed by atoms with van der Waals surface area (Å²) < 4.78 is 5.79. The monoisotopic (exact) mass is 343 g/mol. The lowest BCUT2D eigenvalue weighted by atomic mass is 10.0. The van der Waals surface area contributed by atoms with E-state index in [4.69, 9.17) is 16.3 Å². The minimum absolute atomic E-state index is 0.0495. The summed E-state index contributed by atoms with van der Waals surface area (Å²) in [5, 5.41) is 0.607. The van der Waals surface area contributed by atoms with Gasteiger partial charge in [0.2, 0.25) is 0 Å². The molecule has 3 nitrogen and oxygen atoms in total. The highest BCUT2D eigenvalue weighted by Crippen LogP contribution is 2.24. The van der Waals surface area contributed by atoms with Gasteiger partial charge in [0.1, 0.15) is 5.75 Å². The molecule has 1 amide bonds. The topological polar surface area (TPSA) is 29.5 Å². The fourth-order valence-electron chi connectivity index (χ4n) is 3.25. The van der Waals surface area contributed by atoms with Crippen LogP contribution in [0.2, 0.25) is 5.02 Å². The average Bonchev–Trinajstić information content (AvgIpc) is 3.03. The third-order valence-corrected chi connectivity index (χ3v) is 4.67. The van der Waals surface area contributed by atoms with Crippen LogP contribution in [0.15, 0.2) is 54.6 Å². The van der Waals surface area contributed by atoms with E-state index in [-0.39, 0.29) is 11.9 Å². The number of halogens is 1. The molecule has 1 aliphatic heterocycles. The van der Waals surface area contributed by atoms with Crippen molar-refractivity contribution < 1.29 is 9.53 Å². The summed E-state index contributed by atoms with van der Waals surface area (Å²) in [6.07, 6.45) is 2.48. The van der Waals surface area contributed by atoms with E-state index < -0.39 is 6.10 Å². The van der Waals surface area contributed by atoms with Crippen molar-refractivity contribution in [1.29, 1.82) is 0 Å². The lowest BCUT2D eigenvalue weighted by molar-refractivity contribution is -0.138. The summed E-state index contributed by atoms with van der Waals surface area (Å²) in [7, 11) is 0. The maximum atomic E-state index is 12.8. The van der Waals surface area contributed by atoms with Crippen molar-refractivity contribution in [1.82, 2.24) is 4.90 Å². The first-order chi connectivity index (χ1) is 11.6. The molecule has 1 aliphatic rings. The van der Waals surface area contributed by atoms with Crippen molar-refractivity contribution in [3.8, 4) is 5.75 Å². The molecule has 0 N–H and O–H groups in total. The second-order valence-electron chi connectivity index (χ2n) is 6.23. The molecule has 2 unspecified atom stereocenters. The number of amides is 1. The van der Waals surface area contributed by atoms with Crippen molar-refractivity contribution in [3.05, 3.63) is 65.2 Å². The van der Waals surface area contributed by atoms with Crippen molar-refractivity contribution in [3.63, 3.8) is 0 Å². The molecule has 0 saturated carbocycles. The standard InChI is InChI=1S/C20H22ClNO2/c1-15(24-19-11-5-9-17(21)14-19)20(23)22-12-6-10-18(22)13-16-7-3-2-4-8-16/h2-5,7-9,11,14-15,18H,6,10,12-13H2,1H3. The van der Waals surface area contributed by atoms with Gasteiger partial charge >= 0.3 is 0 Å². The van der Waals surface area contributed by atoms with Gasteiger partial charge in [-0.05, 0) is 49.9 Å². The van der Waals surface area contributed by atoms with Crippen LogP contribution in [0.25, 0.3) is 0 Å². The lowest BCUT2D eigenvalue weighted by Crippen LogP contribution is -2.44. The zero-order valence-electron chi connectivity index (χ0n) is 13.8. The second-order valence-corrected chi connectivity index (χ2v) is 6.67. The SMILES string of the molecule is CC(Oc1cccc(Cl)c1)C(=O)N1CCCC1Cc1ccccc1. The molecule has 2 aromatic rings. The molecular formula is C20H22ClNO2. The number of hydrogen-bond acceptors (Lipinski definition) is 2. The van der Waals surface area contributed by atoms with Gasteiger partial charge in [-0.15, -0.1) is 0 Å². The van der Waals surface area contributed by atoms with E-state index in [1.54, 1.807) is 19.1 Å².